The van der Waals surface area contributed by atoms with Gasteiger partial charge in [0.1, 0.15) is 22.9 Å². The number of furan rings is 1. The third-order valence-corrected chi connectivity index (χ3v) is 7.25. The van der Waals surface area contributed by atoms with Gasteiger partial charge in [0.05, 0.1) is 35.1 Å². The molecule has 3 aromatic rings. The summed E-state index contributed by atoms with van der Waals surface area (Å²) < 4.78 is 5.83. The number of hydrogen-bond donors (Lipinski definition) is 3. The molecule has 0 unspecified atom stereocenters. The van der Waals surface area contributed by atoms with Crippen LogP contribution in [0.2, 0.25) is 5.02 Å². The number of rotatable bonds is 9. The first kappa shape index (κ1) is 29.6. The molecule has 9 nitrogen and oxygen atoms in total. The second kappa shape index (κ2) is 10.9. The zero-order valence-corrected chi connectivity index (χ0v) is 24.5. The van der Waals surface area contributed by atoms with Crippen LogP contribution in [-0.2, 0) is 11.3 Å². The number of anilines is 3. The van der Waals surface area contributed by atoms with Crippen molar-refractivity contribution in [1.82, 2.24) is 4.90 Å². The molecule has 0 saturated heterocycles. The molecule has 1 aromatic heterocycles. The number of nitrogens with zero attached hydrogens (tertiary/aromatic N) is 1. The first-order valence-corrected chi connectivity index (χ1v) is 13.4. The Labute approximate surface area is 242 Å². The summed E-state index contributed by atoms with van der Waals surface area (Å²) in [6, 6.07) is 6.34. The summed E-state index contributed by atoms with van der Waals surface area (Å²) in [5.74, 6) is -0.406. The first-order chi connectivity index (χ1) is 19.2. The first-order valence-electron chi connectivity index (χ1n) is 13.0. The van der Waals surface area contributed by atoms with Crippen molar-refractivity contribution < 1.29 is 19.1 Å². The number of aliphatic carboxylic acids is 1. The van der Waals surface area contributed by atoms with E-state index < -0.39 is 28.8 Å². The van der Waals surface area contributed by atoms with Crippen LogP contribution in [0.4, 0.5) is 17.1 Å². The predicted octanol–water partition coefficient (Wildman–Crippen LogP) is 6.23. The Morgan fingerprint density at radius 1 is 1.15 bits per heavy atom. The van der Waals surface area contributed by atoms with Gasteiger partial charge in [0.15, 0.2) is 0 Å². The summed E-state index contributed by atoms with van der Waals surface area (Å²) in [5, 5.41) is 16.3. The molecule has 0 aliphatic carbocycles. The van der Waals surface area contributed by atoms with Gasteiger partial charge in [-0.05, 0) is 62.1 Å². The molecular weight excluding hydrogens is 546 g/mol. The topological polar surface area (TPSA) is 129 Å². The Bertz CT molecular complexity index is 1710. The molecule has 10 heteroatoms. The summed E-state index contributed by atoms with van der Waals surface area (Å²) >= 11 is 6.48. The number of halogens is 1. The number of allylic oxidation sites excluding steroid dienone is 2. The van der Waals surface area contributed by atoms with Crippen molar-refractivity contribution in [2.45, 2.75) is 54.1 Å². The van der Waals surface area contributed by atoms with E-state index in [9.17, 15) is 24.3 Å². The summed E-state index contributed by atoms with van der Waals surface area (Å²) in [6.45, 7) is 14.9. The second-order valence-electron chi connectivity index (χ2n) is 11.1. The summed E-state index contributed by atoms with van der Waals surface area (Å²) in [5.41, 5.74) is -0.387. The number of nitrogens with one attached hydrogen (secondary N) is 2. The van der Waals surface area contributed by atoms with Crippen LogP contribution in [0.5, 0.6) is 0 Å². The number of amides is 1. The summed E-state index contributed by atoms with van der Waals surface area (Å²) in [4.78, 5) is 52.6. The maximum Gasteiger partial charge on any atom is 0.337 e. The fourth-order valence-corrected chi connectivity index (χ4v) is 5.16. The van der Waals surface area contributed by atoms with Crippen LogP contribution in [0.15, 0.2) is 73.8 Å². The molecule has 1 aliphatic heterocycles. The lowest BCUT2D eigenvalue weighted by Crippen LogP contribution is -2.39. The Hall–Kier alpha value is -4.37. The van der Waals surface area contributed by atoms with E-state index >= 15 is 0 Å². The minimum atomic E-state index is -1.21. The van der Waals surface area contributed by atoms with Crippen LogP contribution in [-0.4, -0.2) is 21.9 Å². The van der Waals surface area contributed by atoms with E-state index in [0.29, 0.717) is 27.7 Å². The standard InChI is InChI=1S/C31H32ClN3O6/c1-8-9-17(30(39)40)25(15(2)3)35-14-18-19(32)11-12-20(22(18)29(35)38)33-23-24(27(37)26(23)36)34-28(31(5,6)7)21-13-10-16(4)41-21/h8-13,28,33-34H,2,14H2,1,3-7H3,(H,39,40)/b9-8-,25-17-/t28-/m0/s1. The molecule has 41 heavy (non-hydrogen) atoms. The minimum Gasteiger partial charge on any atom is -0.478 e. The molecule has 3 N–H and O–H groups in total. The maximum absolute atomic E-state index is 13.8. The number of aryl methyl sites for hydroxylation is 1. The highest BCUT2D eigenvalue weighted by molar-refractivity contribution is 6.32. The van der Waals surface area contributed by atoms with E-state index in [2.05, 4.69) is 17.2 Å². The highest BCUT2D eigenvalue weighted by Crippen LogP contribution is 2.41. The van der Waals surface area contributed by atoms with Crippen LogP contribution in [0.25, 0.3) is 0 Å². The van der Waals surface area contributed by atoms with E-state index in [1.807, 2.05) is 39.8 Å². The molecule has 2 heterocycles. The summed E-state index contributed by atoms with van der Waals surface area (Å²) in [7, 11) is 0. The van der Waals surface area contributed by atoms with Gasteiger partial charge in [0.2, 0.25) is 0 Å². The fourth-order valence-electron chi connectivity index (χ4n) is 4.95. The van der Waals surface area contributed by atoms with Crippen molar-refractivity contribution in [3.05, 3.63) is 108 Å². The van der Waals surface area contributed by atoms with Crippen molar-refractivity contribution in [2.24, 2.45) is 5.41 Å². The third-order valence-electron chi connectivity index (χ3n) is 6.89. The third kappa shape index (κ3) is 5.37. The Morgan fingerprint density at radius 2 is 1.80 bits per heavy atom. The van der Waals surface area contributed by atoms with Gasteiger partial charge in [-0.1, -0.05) is 45.0 Å². The van der Waals surface area contributed by atoms with Gasteiger partial charge in [-0.15, -0.1) is 0 Å². The van der Waals surface area contributed by atoms with Crippen LogP contribution in [0.1, 0.15) is 68.1 Å². The monoisotopic (exact) mass is 577 g/mol. The van der Waals surface area contributed by atoms with Crippen molar-refractivity contribution in [3.63, 3.8) is 0 Å². The highest BCUT2D eigenvalue weighted by Gasteiger charge is 2.37. The van der Waals surface area contributed by atoms with Gasteiger partial charge < -0.3 is 25.1 Å². The van der Waals surface area contributed by atoms with Gasteiger partial charge in [-0.25, -0.2) is 4.79 Å². The van der Waals surface area contributed by atoms with E-state index in [4.69, 9.17) is 16.0 Å². The van der Waals surface area contributed by atoms with E-state index in [-0.39, 0.29) is 45.9 Å². The summed E-state index contributed by atoms with van der Waals surface area (Å²) in [6.07, 6.45) is 2.96. The number of carbonyl (C=O) groups excluding carboxylic acids is 1. The Balaban J connectivity index is 1.76. The predicted molar refractivity (Wildman–Crippen MR) is 160 cm³/mol. The van der Waals surface area contributed by atoms with Gasteiger partial charge in [0.25, 0.3) is 16.8 Å². The van der Waals surface area contributed by atoms with Crippen molar-refractivity contribution in [2.75, 3.05) is 10.6 Å². The lowest BCUT2D eigenvalue weighted by Gasteiger charge is -2.31. The molecule has 1 atom stereocenters. The molecule has 1 aliphatic rings. The molecule has 4 rings (SSSR count). The van der Waals surface area contributed by atoms with Crippen LogP contribution in [0, 0.1) is 12.3 Å². The normalized spacial score (nSPS) is 14.8. The smallest absolute Gasteiger partial charge is 0.337 e. The van der Waals surface area contributed by atoms with Gasteiger partial charge in [0, 0.05) is 10.6 Å². The van der Waals surface area contributed by atoms with Crippen LogP contribution in [0.3, 0.4) is 0 Å². The molecule has 0 saturated carbocycles. The number of benzene rings is 1. The number of carboxylic acid groups (broad SMARTS) is 1. The van der Waals surface area contributed by atoms with E-state index in [1.165, 1.54) is 11.0 Å². The van der Waals surface area contributed by atoms with E-state index in [1.54, 1.807) is 32.1 Å². The lowest BCUT2D eigenvalue weighted by molar-refractivity contribution is -0.132. The number of carboxylic acids is 1. The minimum absolute atomic E-state index is 0.0000220. The van der Waals surface area contributed by atoms with E-state index in [0.717, 1.165) is 0 Å². The van der Waals surface area contributed by atoms with Crippen LogP contribution >= 0.6 is 11.6 Å². The van der Waals surface area contributed by atoms with Gasteiger partial charge >= 0.3 is 5.97 Å². The molecule has 0 bridgehead atoms. The van der Waals surface area contributed by atoms with Crippen LogP contribution < -0.4 is 21.5 Å². The molecule has 1 amide bonds. The zero-order valence-electron chi connectivity index (χ0n) is 23.8. The number of hydrogen-bond acceptors (Lipinski definition) is 7. The largest absolute Gasteiger partial charge is 0.478 e. The molecular formula is C31H32ClN3O6. The second-order valence-corrected chi connectivity index (χ2v) is 11.5. The van der Waals surface area contributed by atoms with Crippen molar-refractivity contribution in [3.8, 4) is 0 Å². The highest BCUT2D eigenvalue weighted by atomic mass is 35.5. The Kier molecular flexibility index (Phi) is 7.87. The maximum atomic E-state index is 13.8. The average Bonchev–Trinajstić information content (AvgIpc) is 3.46. The molecule has 0 spiro atoms. The fraction of sp³-hybridized carbons (Fsp3) is 0.290. The zero-order chi connectivity index (χ0) is 30.4. The molecule has 214 valence electrons. The quantitative estimate of drug-likeness (QED) is 0.155. The molecule has 0 radical (unpaired) electrons. The Morgan fingerprint density at radius 3 is 2.34 bits per heavy atom. The SMILES string of the molecule is C=C(C)/C(=C(\C=C/C)C(=O)O)N1Cc2c(Cl)ccc(Nc3c(N[C@@H](c4ccc(C)o4)C(C)(C)C)c(=O)c3=O)c2C1=O. The van der Waals surface area contributed by atoms with Gasteiger partial charge in [-0.3, -0.25) is 14.4 Å². The van der Waals surface area contributed by atoms with Crippen molar-refractivity contribution >= 4 is 40.5 Å². The van der Waals surface area contributed by atoms with Crippen molar-refractivity contribution in [1.29, 1.82) is 0 Å². The average molecular weight is 578 g/mol. The number of fused-ring (bicyclic) bond motifs is 1. The molecule has 0 fully saturated rings. The molecule has 2 aromatic carbocycles. The lowest BCUT2D eigenvalue weighted by atomic mass is 9.85. The number of carbonyl (C=O) groups is 2. The van der Waals surface area contributed by atoms with Gasteiger partial charge in [-0.2, -0.15) is 0 Å².